The van der Waals surface area contributed by atoms with Crippen LogP contribution in [0.2, 0.25) is 0 Å². The normalized spacial score (nSPS) is 12.8. The zero-order valence-corrected chi connectivity index (χ0v) is 14.4. The lowest BCUT2D eigenvalue weighted by Gasteiger charge is -2.17. The zero-order chi connectivity index (χ0) is 17.5. The molecule has 0 unspecified atom stereocenters. The highest BCUT2D eigenvalue weighted by Crippen LogP contribution is 2.22. The number of sulfonamides is 1. The number of benzene rings is 1. The van der Waals surface area contributed by atoms with Gasteiger partial charge < -0.3 is 15.2 Å². The van der Waals surface area contributed by atoms with Gasteiger partial charge in [0.15, 0.2) is 0 Å². The molecule has 0 aliphatic rings. The van der Waals surface area contributed by atoms with Gasteiger partial charge in [0.25, 0.3) is 0 Å². The Kier molecular flexibility index (Phi) is 7.47. The van der Waals surface area contributed by atoms with Crippen LogP contribution in [-0.2, 0) is 14.8 Å². The van der Waals surface area contributed by atoms with E-state index < -0.39 is 16.0 Å². The number of hydrogen-bond acceptors (Lipinski definition) is 5. The van der Waals surface area contributed by atoms with E-state index in [0.29, 0.717) is 5.69 Å². The van der Waals surface area contributed by atoms with E-state index in [1.807, 2.05) is 13.8 Å². The number of ether oxygens (including phenoxy) is 1. The summed E-state index contributed by atoms with van der Waals surface area (Å²) in [4.78, 5) is 11.3. The number of aromatic carboxylic acids is 1. The summed E-state index contributed by atoms with van der Waals surface area (Å²) in [5.41, 5.74) is 0.344. The van der Waals surface area contributed by atoms with Crippen molar-refractivity contribution in [1.29, 1.82) is 0 Å². The molecule has 0 bridgehead atoms. The van der Waals surface area contributed by atoms with Crippen molar-refractivity contribution in [3.8, 4) is 0 Å². The Balaban J connectivity index is 3.05. The standard InChI is InChI=1S/C15H24N2O5S/c1-4-5-11(2)17-14-7-6-12(10-13(14)15(18)19)23(20,21)16-8-9-22-3/h6-7,10-11,16-17H,4-5,8-9H2,1-3H3,(H,18,19)/t11-/m1/s1. The molecule has 23 heavy (non-hydrogen) atoms. The average Bonchev–Trinajstić information content (AvgIpc) is 2.47. The molecule has 130 valence electrons. The summed E-state index contributed by atoms with van der Waals surface area (Å²) in [6, 6.07) is 4.14. The van der Waals surface area contributed by atoms with Crippen LogP contribution in [0.25, 0.3) is 0 Å². The van der Waals surface area contributed by atoms with Crippen molar-refractivity contribution in [3.05, 3.63) is 23.8 Å². The average molecular weight is 344 g/mol. The Morgan fingerprint density at radius 2 is 2.09 bits per heavy atom. The number of anilines is 1. The Morgan fingerprint density at radius 3 is 2.65 bits per heavy atom. The Morgan fingerprint density at radius 1 is 1.39 bits per heavy atom. The molecular formula is C15H24N2O5S. The SMILES string of the molecule is CCC[C@@H](C)Nc1ccc(S(=O)(=O)NCCOC)cc1C(=O)O. The quantitative estimate of drug-likeness (QED) is 0.560. The monoisotopic (exact) mass is 344 g/mol. The number of carboxylic acid groups (broad SMARTS) is 1. The minimum absolute atomic E-state index is 0.0671. The van der Waals surface area contributed by atoms with E-state index in [9.17, 15) is 18.3 Å². The van der Waals surface area contributed by atoms with Gasteiger partial charge in [-0.25, -0.2) is 17.9 Å². The number of hydrogen-bond donors (Lipinski definition) is 3. The van der Waals surface area contributed by atoms with Gasteiger partial charge in [-0.3, -0.25) is 0 Å². The predicted molar refractivity (Wildman–Crippen MR) is 88.5 cm³/mol. The molecular weight excluding hydrogens is 320 g/mol. The largest absolute Gasteiger partial charge is 0.478 e. The summed E-state index contributed by atoms with van der Waals surface area (Å²) in [5.74, 6) is -1.18. The molecule has 3 N–H and O–H groups in total. The molecule has 0 spiro atoms. The molecule has 1 atom stereocenters. The Bertz CT molecular complexity index is 631. The highest BCUT2D eigenvalue weighted by atomic mass is 32.2. The fourth-order valence-corrected chi connectivity index (χ4v) is 3.16. The van der Waals surface area contributed by atoms with Crippen LogP contribution in [0.15, 0.2) is 23.1 Å². The summed E-state index contributed by atoms with van der Waals surface area (Å²) < 4.78 is 31.4. The highest BCUT2D eigenvalue weighted by molar-refractivity contribution is 7.89. The third kappa shape index (κ3) is 5.81. The molecule has 1 aromatic rings. The van der Waals surface area contributed by atoms with Crippen molar-refractivity contribution < 1.29 is 23.1 Å². The van der Waals surface area contributed by atoms with Crippen LogP contribution in [0.5, 0.6) is 0 Å². The lowest BCUT2D eigenvalue weighted by molar-refractivity contribution is 0.0697. The first-order chi connectivity index (χ1) is 10.8. The van der Waals surface area contributed by atoms with Gasteiger partial charge in [-0.2, -0.15) is 0 Å². The van der Waals surface area contributed by atoms with Gasteiger partial charge in [-0.15, -0.1) is 0 Å². The van der Waals surface area contributed by atoms with Crippen LogP contribution < -0.4 is 10.0 Å². The van der Waals surface area contributed by atoms with E-state index in [1.165, 1.54) is 25.3 Å². The molecule has 1 rings (SSSR count). The third-order valence-corrected chi connectivity index (χ3v) is 4.71. The Hall–Kier alpha value is -1.64. The fraction of sp³-hybridized carbons (Fsp3) is 0.533. The van der Waals surface area contributed by atoms with Crippen LogP contribution >= 0.6 is 0 Å². The molecule has 0 aromatic heterocycles. The lowest BCUT2D eigenvalue weighted by Crippen LogP contribution is -2.27. The first-order valence-electron chi connectivity index (χ1n) is 7.44. The molecule has 0 saturated heterocycles. The van der Waals surface area contributed by atoms with Crippen molar-refractivity contribution in [3.63, 3.8) is 0 Å². The number of nitrogens with one attached hydrogen (secondary N) is 2. The van der Waals surface area contributed by atoms with Gasteiger partial charge in [0.1, 0.15) is 0 Å². The van der Waals surface area contributed by atoms with Gasteiger partial charge in [0, 0.05) is 25.4 Å². The molecule has 0 radical (unpaired) electrons. The molecule has 1 aromatic carbocycles. The van der Waals surface area contributed by atoms with Gasteiger partial charge in [0.2, 0.25) is 10.0 Å². The van der Waals surface area contributed by atoms with E-state index in [0.717, 1.165) is 12.8 Å². The minimum Gasteiger partial charge on any atom is -0.478 e. The topological polar surface area (TPSA) is 105 Å². The minimum atomic E-state index is -3.77. The van der Waals surface area contributed by atoms with E-state index in [-0.39, 0.29) is 29.7 Å². The van der Waals surface area contributed by atoms with E-state index >= 15 is 0 Å². The second kappa shape index (κ2) is 8.85. The van der Waals surface area contributed by atoms with Crippen molar-refractivity contribution >= 4 is 21.7 Å². The maximum Gasteiger partial charge on any atom is 0.337 e. The number of methoxy groups -OCH3 is 1. The highest BCUT2D eigenvalue weighted by Gasteiger charge is 2.19. The van der Waals surface area contributed by atoms with Crippen LogP contribution in [0.1, 0.15) is 37.0 Å². The van der Waals surface area contributed by atoms with Gasteiger partial charge >= 0.3 is 5.97 Å². The molecule has 0 aliphatic carbocycles. The fourth-order valence-electron chi connectivity index (χ4n) is 2.13. The lowest BCUT2D eigenvalue weighted by atomic mass is 10.1. The zero-order valence-electron chi connectivity index (χ0n) is 13.6. The van der Waals surface area contributed by atoms with Gasteiger partial charge in [-0.1, -0.05) is 13.3 Å². The number of carboxylic acids is 1. The van der Waals surface area contributed by atoms with Crippen LogP contribution in [0.3, 0.4) is 0 Å². The molecule has 7 nitrogen and oxygen atoms in total. The molecule has 0 amide bonds. The summed E-state index contributed by atoms with van der Waals surface area (Å²) in [5, 5.41) is 12.4. The van der Waals surface area contributed by atoms with E-state index in [4.69, 9.17) is 4.74 Å². The first-order valence-corrected chi connectivity index (χ1v) is 8.92. The second-order valence-corrected chi connectivity index (χ2v) is 7.00. The Labute approximate surface area is 137 Å². The van der Waals surface area contributed by atoms with Crippen molar-refractivity contribution in [2.45, 2.75) is 37.6 Å². The second-order valence-electron chi connectivity index (χ2n) is 5.24. The molecule has 0 fully saturated rings. The van der Waals surface area contributed by atoms with Crippen molar-refractivity contribution in [2.24, 2.45) is 0 Å². The van der Waals surface area contributed by atoms with Crippen molar-refractivity contribution in [1.82, 2.24) is 4.72 Å². The third-order valence-electron chi connectivity index (χ3n) is 3.25. The predicted octanol–water partition coefficient (Wildman–Crippen LogP) is 1.91. The maximum atomic E-state index is 12.1. The molecule has 0 saturated carbocycles. The van der Waals surface area contributed by atoms with Crippen molar-refractivity contribution in [2.75, 3.05) is 25.6 Å². The molecule has 8 heteroatoms. The van der Waals surface area contributed by atoms with Gasteiger partial charge in [-0.05, 0) is 31.5 Å². The number of carbonyl (C=O) groups is 1. The number of rotatable bonds is 10. The summed E-state index contributed by atoms with van der Waals surface area (Å²) in [6.07, 6.45) is 1.85. The summed E-state index contributed by atoms with van der Waals surface area (Å²) in [6.45, 7) is 4.34. The maximum absolute atomic E-state index is 12.1. The van der Waals surface area contributed by atoms with Gasteiger partial charge in [0.05, 0.1) is 17.1 Å². The molecule has 0 heterocycles. The van der Waals surface area contributed by atoms with Crippen LogP contribution in [0, 0.1) is 0 Å². The summed E-state index contributed by atoms with van der Waals surface area (Å²) >= 11 is 0. The smallest absolute Gasteiger partial charge is 0.337 e. The van der Waals surface area contributed by atoms with Crippen LogP contribution in [-0.4, -0.2) is 45.8 Å². The molecule has 0 aliphatic heterocycles. The van der Waals surface area contributed by atoms with Crippen LogP contribution in [0.4, 0.5) is 5.69 Å². The first kappa shape index (κ1) is 19.4. The van der Waals surface area contributed by atoms with E-state index in [1.54, 1.807) is 0 Å². The summed E-state index contributed by atoms with van der Waals surface area (Å²) in [7, 11) is -2.30. The van der Waals surface area contributed by atoms with E-state index in [2.05, 4.69) is 10.0 Å².